The highest BCUT2D eigenvalue weighted by molar-refractivity contribution is 5.83. The van der Waals surface area contributed by atoms with E-state index in [1.54, 1.807) is 0 Å². The first kappa shape index (κ1) is 6.45. The molecule has 0 saturated carbocycles. The van der Waals surface area contributed by atoms with E-state index in [1.165, 1.54) is 0 Å². The van der Waals surface area contributed by atoms with Gasteiger partial charge in [-0.1, -0.05) is 13.8 Å². The number of hydrogen-bond donors (Lipinski definition) is 0. The summed E-state index contributed by atoms with van der Waals surface area (Å²) < 4.78 is 3.75. The monoisotopic (exact) mass is 98.1 g/mol. The Morgan fingerprint density at radius 2 is 2.00 bits per heavy atom. The molecule has 0 spiro atoms. The maximum atomic E-state index is 3.75. The first-order valence-electron chi connectivity index (χ1n) is 2.48. The van der Waals surface area contributed by atoms with Crippen molar-refractivity contribution < 1.29 is 0 Å². The Bertz CT molecular complexity index is 96.7. The van der Waals surface area contributed by atoms with Crippen molar-refractivity contribution in [2.75, 3.05) is 0 Å². The van der Waals surface area contributed by atoms with Crippen molar-refractivity contribution in [1.82, 2.24) is 4.67 Å². The van der Waals surface area contributed by atoms with Gasteiger partial charge >= 0.3 is 0 Å². The van der Waals surface area contributed by atoms with Crippen LogP contribution in [0.1, 0.15) is 20.8 Å². The van der Waals surface area contributed by atoms with E-state index < -0.39 is 0 Å². The van der Waals surface area contributed by atoms with Crippen LogP contribution >= 0.6 is 0 Å². The SMILES string of the molecule is C=[N+]=C(C)C(C)C. The fraction of sp³-hybridized carbons (Fsp3) is 0.667. The molecule has 0 aliphatic carbocycles. The highest BCUT2D eigenvalue weighted by atomic mass is 14.5. The zero-order chi connectivity index (χ0) is 5.86. The molecule has 7 heavy (non-hydrogen) atoms. The van der Waals surface area contributed by atoms with Crippen LogP contribution in [-0.2, 0) is 0 Å². The smallest absolute Gasteiger partial charge is 0.111 e. The minimum absolute atomic E-state index is 0.553. The molecule has 0 rings (SSSR count). The first-order chi connectivity index (χ1) is 3.18. The van der Waals surface area contributed by atoms with Crippen LogP contribution in [0.15, 0.2) is 0 Å². The van der Waals surface area contributed by atoms with E-state index in [1.807, 2.05) is 6.92 Å². The predicted molar refractivity (Wildman–Crippen MR) is 34.8 cm³/mol. The van der Waals surface area contributed by atoms with Crippen molar-refractivity contribution in [2.24, 2.45) is 5.92 Å². The molecule has 1 nitrogen and oxygen atoms in total. The van der Waals surface area contributed by atoms with Crippen molar-refractivity contribution in [3.63, 3.8) is 0 Å². The fourth-order valence-corrected chi connectivity index (χ4v) is 0.183. The zero-order valence-electron chi connectivity index (χ0n) is 5.23. The van der Waals surface area contributed by atoms with Gasteiger partial charge < -0.3 is 0 Å². The largest absolute Gasteiger partial charge is 0.279 e. The standard InChI is InChI=1S/C6H12N/c1-5(2)6(3)7-4/h5H,4H2,1-3H3/q+1. The van der Waals surface area contributed by atoms with Crippen LogP contribution < -0.4 is 4.67 Å². The van der Waals surface area contributed by atoms with Gasteiger partial charge in [0.05, 0.1) is 5.92 Å². The molecular weight excluding hydrogens is 86.1 g/mol. The molecule has 1 heteroatoms. The third-order valence-electron chi connectivity index (χ3n) is 1.08. The molecule has 0 aliphatic rings. The summed E-state index contributed by atoms with van der Waals surface area (Å²) in [5, 5.41) is 0. The molecule has 0 unspecified atom stereocenters. The summed E-state index contributed by atoms with van der Waals surface area (Å²) in [7, 11) is 0. The molecule has 40 valence electrons. The Labute approximate surface area is 44.8 Å². The zero-order valence-corrected chi connectivity index (χ0v) is 5.23. The summed E-state index contributed by atoms with van der Waals surface area (Å²) in [5.41, 5.74) is 1.11. The second kappa shape index (κ2) is 2.59. The Morgan fingerprint density at radius 3 is 2.00 bits per heavy atom. The first-order valence-corrected chi connectivity index (χ1v) is 2.48. The van der Waals surface area contributed by atoms with Gasteiger partial charge in [0.1, 0.15) is 0 Å². The highest BCUT2D eigenvalue weighted by Gasteiger charge is 2.03. The van der Waals surface area contributed by atoms with Crippen LogP contribution in [0.5, 0.6) is 0 Å². The van der Waals surface area contributed by atoms with E-state index in [2.05, 4.69) is 25.2 Å². The molecular formula is C6H12N+. The van der Waals surface area contributed by atoms with Gasteiger partial charge in [0, 0.05) is 6.92 Å². The Balaban J connectivity index is 3.81. The molecule has 0 aromatic carbocycles. The van der Waals surface area contributed by atoms with Crippen LogP contribution in [-0.4, -0.2) is 12.4 Å². The van der Waals surface area contributed by atoms with Crippen LogP contribution in [0.2, 0.25) is 0 Å². The van der Waals surface area contributed by atoms with Crippen molar-refractivity contribution in [2.45, 2.75) is 20.8 Å². The molecule has 0 aromatic heterocycles. The topological polar surface area (TPSA) is 14.1 Å². The van der Waals surface area contributed by atoms with E-state index >= 15 is 0 Å². The molecule has 0 aromatic rings. The molecule has 0 atom stereocenters. The van der Waals surface area contributed by atoms with Gasteiger partial charge in [-0.15, -0.1) is 4.67 Å². The summed E-state index contributed by atoms with van der Waals surface area (Å²) in [6.45, 7) is 9.58. The maximum absolute atomic E-state index is 3.75. The average molecular weight is 98.2 g/mol. The van der Waals surface area contributed by atoms with Gasteiger partial charge in [-0.25, -0.2) is 0 Å². The van der Waals surface area contributed by atoms with Crippen molar-refractivity contribution in [1.29, 1.82) is 0 Å². The van der Waals surface area contributed by atoms with E-state index in [-0.39, 0.29) is 0 Å². The lowest BCUT2D eigenvalue weighted by Crippen LogP contribution is -2.03. The molecule has 0 radical (unpaired) electrons. The maximum Gasteiger partial charge on any atom is 0.279 e. The highest BCUT2D eigenvalue weighted by Crippen LogP contribution is 1.89. The Hall–Kier alpha value is -0.550. The van der Waals surface area contributed by atoms with Gasteiger partial charge in [-0.2, -0.15) is 0 Å². The lowest BCUT2D eigenvalue weighted by atomic mass is 10.1. The van der Waals surface area contributed by atoms with Gasteiger partial charge in [-0.05, 0) is 0 Å². The minimum atomic E-state index is 0.553. The lowest BCUT2D eigenvalue weighted by Gasteiger charge is -1.85. The van der Waals surface area contributed by atoms with E-state index in [0.29, 0.717) is 5.92 Å². The molecule has 0 saturated heterocycles. The van der Waals surface area contributed by atoms with E-state index in [4.69, 9.17) is 0 Å². The van der Waals surface area contributed by atoms with Gasteiger partial charge in [0.2, 0.25) is 0 Å². The van der Waals surface area contributed by atoms with Crippen LogP contribution in [0.3, 0.4) is 0 Å². The van der Waals surface area contributed by atoms with Crippen molar-refractivity contribution in [3.8, 4) is 0 Å². The predicted octanol–water partition coefficient (Wildman–Crippen LogP) is 0.871. The van der Waals surface area contributed by atoms with Gasteiger partial charge in [-0.3, -0.25) is 0 Å². The second-order valence-electron chi connectivity index (χ2n) is 1.95. The number of hydrogen-bond acceptors (Lipinski definition) is 0. The average Bonchev–Trinajstić information content (AvgIpc) is 1.65. The van der Waals surface area contributed by atoms with E-state index in [9.17, 15) is 0 Å². The molecule has 0 amide bonds. The molecule has 0 N–H and O–H groups in total. The summed E-state index contributed by atoms with van der Waals surface area (Å²) in [4.78, 5) is 0. The molecule has 0 fully saturated rings. The van der Waals surface area contributed by atoms with Crippen molar-refractivity contribution in [3.05, 3.63) is 0 Å². The second-order valence-corrected chi connectivity index (χ2v) is 1.95. The normalized spacial score (nSPS) is 8.57. The van der Waals surface area contributed by atoms with E-state index in [0.717, 1.165) is 5.71 Å². The number of rotatable bonds is 1. The number of nitrogens with zero attached hydrogens (tertiary/aromatic N) is 1. The minimum Gasteiger partial charge on any atom is -0.111 e. The fourth-order valence-electron chi connectivity index (χ4n) is 0.183. The molecule has 0 heterocycles. The van der Waals surface area contributed by atoms with Crippen LogP contribution in [0.4, 0.5) is 0 Å². The van der Waals surface area contributed by atoms with Crippen LogP contribution in [0, 0.1) is 5.92 Å². The quantitative estimate of drug-likeness (QED) is 0.341. The van der Waals surface area contributed by atoms with Gasteiger partial charge in [0.25, 0.3) is 12.4 Å². The Kier molecular flexibility index (Phi) is 2.39. The Morgan fingerprint density at radius 1 is 1.57 bits per heavy atom. The third kappa shape index (κ3) is 2.18. The summed E-state index contributed by atoms with van der Waals surface area (Å²) in [5.74, 6) is 0.553. The summed E-state index contributed by atoms with van der Waals surface area (Å²) in [6, 6.07) is 0. The molecule has 0 bridgehead atoms. The third-order valence-corrected chi connectivity index (χ3v) is 1.08. The molecule has 0 aliphatic heterocycles. The summed E-state index contributed by atoms with van der Waals surface area (Å²) in [6.07, 6.45) is 0. The van der Waals surface area contributed by atoms with Gasteiger partial charge in [0.15, 0.2) is 0 Å². The van der Waals surface area contributed by atoms with Crippen LogP contribution in [0.25, 0.3) is 0 Å². The lowest BCUT2D eigenvalue weighted by molar-refractivity contribution is 0.878. The van der Waals surface area contributed by atoms with Crippen molar-refractivity contribution >= 4 is 12.4 Å². The summed E-state index contributed by atoms with van der Waals surface area (Å²) >= 11 is 0.